The molecule has 82 valence electrons. The van der Waals surface area contributed by atoms with Crippen LogP contribution in [-0.4, -0.2) is 30.9 Å². The highest BCUT2D eigenvalue weighted by atomic mass is 15.2. The Balaban J connectivity index is 2.81. The molecule has 15 heavy (non-hydrogen) atoms. The number of hydrogen-bond donors (Lipinski definition) is 2. The number of hydrogen-bond acceptors (Lipinski definition) is 1. The second kappa shape index (κ2) is 4.63. The smallest absolute Gasteiger partial charge is 0.223 e. The first-order valence-electron chi connectivity index (χ1n) is 4.72. The molecule has 0 aromatic carbocycles. The van der Waals surface area contributed by atoms with E-state index in [4.69, 9.17) is 11.5 Å². The van der Waals surface area contributed by atoms with Crippen molar-refractivity contribution in [2.45, 2.75) is 13.3 Å². The van der Waals surface area contributed by atoms with Gasteiger partial charge in [0, 0.05) is 14.1 Å². The van der Waals surface area contributed by atoms with Crippen LogP contribution in [0.15, 0.2) is 33.4 Å². The largest absolute Gasteiger partial charge is 0.369 e. The molecule has 5 heteroatoms. The third-order valence-electron chi connectivity index (χ3n) is 2.06. The zero-order valence-electron chi connectivity index (χ0n) is 9.36. The predicted octanol–water partition coefficient (Wildman–Crippen LogP) is 0.411. The van der Waals surface area contributed by atoms with Crippen LogP contribution in [0.1, 0.15) is 13.3 Å². The van der Waals surface area contributed by atoms with E-state index in [9.17, 15) is 0 Å². The average molecular weight is 207 g/mol. The highest BCUT2D eigenvalue weighted by Gasteiger charge is 2.04. The number of nitrogens with zero attached hydrogens (tertiary/aromatic N) is 3. The molecule has 4 N–H and O–H groups in total. The minimum Gasteiger partial charge on any atom is -0.369 e. The third-order valence-corrected chi connectivity index (χ3v) is 2.06. The van der Waals surface area contributed by atoms with Gasteiger partial charge in [-0.05, 0) is 25.0 Å². The molecule has 0 bridgehead atoms. The van der Waals surface area contributed by atoms with Crippen LogP contribution in [0.2, 0.25) is 0 Å². The fourth-order valence-electron chi connectivity index (χ4n) is 1.09. The van der Waals surface area contributed by atoms with Crippen LogP contribution in [0.3, 0.4) is 0 Å². The van der Waals surface area contributed by atoms with Crippen LogP contribution in [0, 0.1) is 0 Å². The summed E-state index contributed by atoms with van der Waals surface area (Å²) in [4.78, 5) is 9.80. The molecule has 0 amide bonds. The van der Waals surface area contributed by atoms with Crippen LogP contribution >= 0.6 is 0 Å². The Morgan fingerprint density at radius 3 is 2.53 bits per heavy atom. The Morgan fingerprint density at radius 1 is 1.40 bits per heavy atom. The van der Waals surface area contributed by atoms with E-state index in [1.807, 2.05) is 19.1 Å². The first-order chi connectivity index (χ1) is 7.00. The van der Waals surface area contributed by atoms with Gasteiger partial charge in [0.05, 0.1) is 5.70 Å². The molecule has 0 aliphatic heterocycles. The third kappa shape index (κ3) is 3.12. The minimum atomic E-state index is 0.183. The monoisotopic (exact) mass is 207 g/mol. The highest BCUT2D eigenvalue weighted by molar-refractivity contribution is 5.93. The maximum absolute atomic E-state index is 5.64. The highest BCUT2D eigenvalue weighted by Crippen LogP contribution is 2.18. The Morgan fingerprint density at radius 2 is 2.07 bits per heavy atom. The summed E-state index contributed by atoms with van der Waals surface area (Å²) < 4.78 is 0. The van der Waals surface area contributed by atoms with E-state index in [1.54, 1.807) is 19.0 Å². The van der Waals surface area contributed by atoms with Crippen molar-refractivity contribution in [2.75, 3.05) is 14.1 Å². The van der Waals surface area contributed by atoms with Crippen molar-refractivity contribution in [1.29, 1.82) is 0 Å². The summed E-state index contributed by atoms with van der Waals surface area (Å²) in [5.74, 6) is 0.526. The number of nitrogens with two attached hydrogens (primary N) is 2. The standard InChI is InChI=1S/C10H17N5/c1-7-5-4-6-8(7)13-9(11)14-10(12)15(2)3/h4,6H,5H2,1-3H3,(H4,11,12,13,14). The summed E-state index contributed by atoms with van der Waals surface area (Å²) in [5, 5.41) is 0. The molecule has 1 aliphatic carbocycles. The number of aliphatic imine (C=N–C) groups is 2. The minimum absolute atomic E-state index is 0.183. The zero-order chi connectivity index (χ0) is 11.4. The molecule has 0 saturated heterocycles. The molecule has 0 radical (unpaired) electrons. The first kappa shape index (κ1) is 11.3. The number of rotatable bonds is 1. The van der Waals surface area contributed by atoms with E-state index in [1.165, 1.54) is 5.57 Å². The lowest BCUT2D eigenvalue weighted by Crippen LogP contribution is -2.32. The van der Waals surface area contributed by atoms with Crippen LogP contribution in [0.5, 0.6) is 0 Å². The predicted molar refractivity (Wildman–Crippen MR) is 63.4 cm³/mol. The second-order valence-corrected chi connectivity index (χ2v) is 3.61. The van der Waals surface area contributed by atoms with Crippen LogP contribution < -0.4 is 11.5 Å². The van der Waals surface area contributed by atoms with Crippen molar-refractivity contribution in [3.8, 4) is 0 Å². The van der Waals surface area contributed by atoms with Crippen LogP contribution in [-0.2, 0) is 0 Å². The summed E-state index contributed by atoms with van der Waals surface area (Å²) in [6.07, 6.45) is 4.91. The molecule has 1 aliphatic rings. The topological polar surface area (TPSA) is 80.0 Å². The summed E-state index contributed by atoms with van der Waals surface area (Å²) in [5.41, 5.74) is 13.3. The van der Waals surface area contributed by atoms with Gasteiger partial charge in [-0.1, -0.05) is 6.08 Å². The van der Waals surface area contributed by atoms with Gasteiger partial charge >= 0.3 is 0 Å². The Bertz CT molecular complexity index is 360. The molecule has 0 aromatic heterocycles. The van der Waals surface area contributed by atoms with Gasteiger partial charge in [0.25, 0.3) is 0 Å². The lowest BCUT2D eigenvalue weighted by atomic mass is 10.2. The van der Waals surface area contributed by atoms with E-state index >= 15 is 0 Å². The van der Waals surface area contributed by atoms with Crippen molar-refractivity contribution >= 4 is 11.9 Å². The normalized spacial score (nSPS) is 17.5. The lowest BCUT2D eigenvalue weighted by molar-refractivity contribution is 0.615. The fraction of sp³-hybridized carbons (Fsp3) is 0.400. The molecular weight excluding hydrogens is 190 g/mol. The van der Waals surface area contributed by atoms with Gasteiger partial charge in [0.15, 0.2) is 5.96 Å². The Hall–Kier alpha value is -1.78. The zero-order valence-corrected chi connectivity index (χ0v) is 9.36. The SMILES string of the molecule is CC1=C(N=C(N)N=C(N)N(C)C)C=CC1. The maximum Gasteiger partial charge on any atom is 0.223 e. The summed E-state index contributed by atoms with van der Waals surface area (Å²) in [6, 6.07) is 0. The van der Waals surface area contributed by atoms with Gasteiger partial charge in [-0.2, -0.15) is 4.99 Å². The van der Waals surface area contributed by atoms with Gasteiger partial charge in [-0.25, -0.2) is 4.99 Å². The average Bonchev–Trinajstić information content (AvgIpc) is 2.51. The Kier molecular flexibility index (Phi) is 3.49. The van der Waals surface area contributed by atoms with E-state index in [0.29, 0.717) is 5.96 Å². The molecule has 0 heterocycles. The lowest BCUT2D eigenvalue weighted by Gasteiger charge is -2.09. The Labute approximate surface area is 89.9 Å². The number of guanidine groups is 2. The van der Waals surface area contributed by atoms with E-state index in [-0.39, 0.29) is 5.96 Å². The summed E-state index contributed by atoms with van der Waals surface area (Å²) >= 11 is 0. The van der Waals surface area contributed by atoms with Crippen molar-refractivity contribution in [3.05, 3.63) is 23.4 Å². The second-order valence-electron chi connectivity index (χ2n) is 3.61. The van der Waals surface area contributed by atoms with Crippen molar-refractivity contribution in [3.63, 3.8) is 0 Å². The maximum atomic E-state index is 5.64. The van der Waals surface area contributed by atoms with E-state index < -0.39 is 0 Å². The molecule has 0 unspecified atom stereocenters. The molecular formula is C10H17N5. The molecule has 0 spiro atoms. The summed E-state index contributed by atoms with van der Waals surface area (Å²) in [7, 11) is 3.60. The fourth-order valence-corrected chi connectivity index (χ4v) is 1.09. The van der Waals surface area contributed by atoms with E-state index in [2.05, 4.69) is 9.98 Å². The van der Waals surface area contributed by atoms with Gasteiger partial charge in [0.1, 0.15) is 0 Å². The van der Waals surface area contributed by atoms with Crippen LogP contribution in [0.25, 0.3) is 0 Å². The molecule has 0 saturated carbocycles. The van der Waals surface area contributed by atoms with Crippen molar-refractivity contribution in [2.24, 2.45) is 21.5 Å². The first-order valence-corrected chi connectivity index (χ1v) is 4.72. The van der Waals surface area contributed by atoms with Gasteiger partial charge in [0.2, 0.25) is 5.96 Å². The number of allylic oxidation sites excluding steroid dienone is 3. The molecule has 0 atom stereocenters. The van der Waals surface area contributed by atoms with Crippen molar-refractivity contribution < 1.29 is 0 Å². The molecule has 0 aromatic rings. The summed E-state index contributed by atoms with van der Waals surface area (Å²) in [6.45, 7) is 2.02. The van der Waals surface area contributed by atoms with Gasteiger partial charge < -0.3 is 16.4 Å². The van der Waals surface area contributed by atoms with Crippen molar-refractivity contribution in [1.82, 2.24) is 4.90 Å². The molecule has 5 nitrogen and oxygen atoms in total. The van der Waals surface area contributed by atoms with Crippen LogP contribution in [0.4, 0.5) is 0 Å². The quantitative estimate of drug-likeness (QED) is 0.483. The van der Waals surface area contributed by atoms with Gasteiger partial charge in [-0.3, -0.25) is 0 Å². The molecule has 1 rings (SSSR count). The molecule has 0 fully saturated rings. The van der Waals surface area contributed by atoms with Gasteiger partial charge in [-0.15, -0.1) is 0 Å². The van der Waals surface area contributed by atoms with E-state index in [0.717, 1.165) is 12.1 Å².